The number of halogens is 1. The number of nitrogens with zero attached hydrogens (tertiary/aromatic N) is 3. The summed E-state index contributed by atoms with van der Waals surface area (Å²) in [5.74, 6) is 16.2. The Morgan fingerprint density at radius 2 is 1.86 bits per heavy atom. The summed E-state index contributed by atoms with van der Waals surface area (Å²) >= 11 is 5.97. The number of hydrogen-bond acceptors (Lipinski definition) is 3. The van der Waals surface area contributed by atoms with Crippen LogP contribution < -0.4 is 4.74 Å². The Hall–Kier alpha value is -3.39. The number of benzene rings is 1. The second-order valence-corrected chi connectivity index (χ2v) is 6.55. The van der Waals surface area contributed by atoms with Gasteiger partial charge in [-0.3, -0.25) is 0 Å². The van der Waals surface area contributed by atoms with E-state index in [4.69, 9.17) is 16.3 Å². The molecule has 0 fully saturated rings. The SMILES string of the molecule is CC#CC#CC#CC.COc1cnc(Cl)nc1-c1cn2c3c(cccc13)CCC2. The quantitative estimate of drug-likeness (QED) is 0.460. The lowest BCUT2D eigenvalue weighted by Crippen LogP contribution is -2.05. The van der Waals surface area contributed by atoms with E-state index in [1.54, 1.807) is 27.2 Å². The Balaban J connectivity index is 0.000000258. The zero-order valence-corrected chi connectivity index (χ0v) is 17.4. The van der Waals surface area contributed by atoms with Crippen LogP contribution in [-0.2, 0) is 13.0 Å². The molecule has 0 bridgehead atoms. The van der Waals surface area contributed by atoms with E-state index in [-0.39, 0.29) is 5.28 Å². The van der Waals surface area contributed by atoms with Gasteiger partial charge in [-0.05, 0) is 67.5 Å². The number of aromatic nitrogens is 3. The second-order valence-electron chi connectivity index (χ2n) is 6.21. The van der Waals surface area contributed by atoms with Crippen molar-refractivity contribution in [3.05, 3.63) is 41.4 Å². The van der Waals surface area contributed by atoms with Crippen molar-refractivity contribution < 1.29 is 4.74 Å². The standard InChI is InChI=1S/C16H14ClN3O.C8H6/c1-21-13-8-18-16(17)19-14(13)12-9-20-7-3-5-10-4-2-6-11(12)15(10)20;1-3-5-7-8-6-4-2/h2,4,6,8-9H,3,5,7H2,1H3;1-2H3. The molecule has 144 valence electrons. The molecule has 4 rings (SSSR count). The van der Waals surface area contributed by atoms with Crippen molar-refractivity contribution >= 4 is 22.5 Å². The summed E-state index contributed by atoms with van der Waals surface area (Å²) in [6.45, 7) is 4.52. The minimum Gasteiger partial charge on any atom is -0.493 e. The van der Waals surface area contributed by atoms with E-state index in [9.17, 15) is 0 Å². The zero-order valence-electron chi connectivity index (χ0n) is 16.6. The Kier molecular flexibility index (Phi) is 6.80. The van der Waals surface area contributed by atoms with Crippen LogP contribution in [0.5, 0.6) is 5.75 Å². The topological polar surface area (TPSA) is 39.9 Å². The molecule has 29 heavy (non-hydrogen) atoms. The average Bonchev–Trinajstić information content (AvgIpc) is 3.12. The third-order valence-corrected chi connectivity index (χ3v) is 4.65. The van der Waals surface area contributed by atoms with Crippen LogP contribution in [0.25, 0.3) is 22.2 Å². The minimum absolute atomic E-state index is 0.234. The van der Waals surface area contributed by atoms with Crippen LogP contribution in [0.1, 0.15) is 25.8 Å². The van der Waals surface area contributed by atoms with Gasteiger partial charge in [0.25, 0.3) is 0 Å². The molecule has 0 N–H and O–H groups in total. The van der Waals surface area contributed by atoms with Crippen LogP contribution in [0.3, 0.4) is 0 Å². The van der Waals surface area contributed by atoms with Gasteiger partial charge in [-0.1, -0.05) is 30.0 Å². The maximum Gasteiger partial charge on any atom is 0.223 e. The minimum atomic E-state index is 0.234. The van der Waals surface area contributed by atoms with Gasteiger partial charge in [0.15, 0.2) is 5.75 Å². The molecule has 3 heterocycles. The van der Waals surface area contributed by atoms with Gasteiger partial charge in [0.1, 0.15) is 5.69 Å². The molecule has 0 saturated heterocycles. The number of hydrogen-bond donors (Lipinski definition) is 0. The fourth-order valence-corrected chi connectivity index (χ4v) is 3.46. The fraction of sp³-hybridized carbons (Fsp3) is 0.250. The molecule has 4 nitrogen and oxygen atoms in total. The molecule has 3 aromatic rings. The van der Waals surface area contributed by atoms with Crippen LogP contribution in [-0.4, -0.2) is 21.6 Å². The molecular formula is C24H20ClN3O. The molecule has 2 aromatic heterocycles. The predicted octanol–water partition coefficient (Wildman–Crippen LogP) is 4.74. The van der Waals surface area contributed by atoms with Gasteiger partial charge in [-0.15, -0.1) is 0 Å². The predicted molar refractivity (Wildman–Crippen MR) is 118 cm³/mol. The Bertz CT molecular complexity index is 1200. The van der Waals surface area contributed by atoms with Crippen molar-refractivity contribution in [3.63, 3.8) is 0 Å². The normalized spacial score (nSPS) is 10.9. The van der Waals surface area contributed by atoms with Gasteiger partial charge in [-0.2, -0.15) is 0 Å². The number of aryl methyl sites for hydroxylation is 2. The Labute approximate surface area is 176 Å². The first-order chi connectivity index (χ1) is 14.2. The molecular weight excluding hydrogens is 382 g/mol. The third kappa shape index (κ3) is 4.55. The van der Waals surface area contributed by atoms with E-state index in [1.165, 1.54) is 22.9 Å². The highest BCUT2D eigenvalue weighted by molar-refractivity contribution is 6.28. The molecule has 0 saturated carbocycles. The van der Waals surface area contributed by atoms with Crippen molar-refractivity contribution in [2.45, 2.75) is 33.2 Å². The number of methoxy groups -OCH3 is 1. The van der Waals surface area contributed by atoms with Crippen molar-refractivity contribution in [2.75, 3.05) is 7.11 Å². The first-order valence-corrected chi connectivity index (χ1v) is 9.58. The highest BCUT2D eigenvalue weighted by Gasteiger charge is 2.20. The summed E-state index contributed by atoms with van der Waals surface area (Å²) in [5, 5.41) is 1.43. The molecule has 0 unspecified atom stereocenters. The third-order valence-electron chi connectivity index (χ3n) is 4.47. The van der Waals surface area contributed by atoms with E-state index in [0.29, 0.717) is 5.75 Å². The molecule has 5 heteroatoms. The lowest BCUT2D eigenvalue weighted by molar-refractivity contribution is 0.412. The highest BCUT2D eigenvalue weighted by Crippen LogP contribution is 2.38. The largest absolute Gasteiger partial charge is 0.493 e. The van der Waals surface area contributed by atoms with Crippen molar-refractivity contribution in [1.29, 1.82) is 0 Å². The van der Waals surface area contributed by atoms with Crippen LogP contribution in [0, 0.1) is 35.5 Å². The van der Waals surface area contributed by atoms with Gasteiger partial charge < -0.3 is 9.30 Å². The van der Waals surface area contributed by atoms with Crippen LogP contribution >= 0.6 is 11.6 Å². The second kappa shape index (κ2) is 9.70. The molecule has 0 radical (unpaired) electrons. The van der Waals surface area contributed by atoms with E-state index in [2.05, 4.69) is 74.5 Å². The van der Waals surface area contributed by atoms with Crippen LogP contribution in [0.15, 0.2) is 30.6 Å². The van der Waals surface area contributed by atoms with E-state index >= 15 is 0 Å². The molecule has 0 amide bonds. The van der Waals surface area contributed by atoms with Gasteiger partial charge in [-0.25, -0.2) is 9.97 Å². The molecule has 1 aliphatic rings. The first kappa shape index (κ1) is 20.3. The van der Waals surface area contributed by atoms with Crippen molar-refractivity contribution in [1.82, 2.24) is 14.5 Å². The summed E-state index contributed by atoms with van der Waals surface area (Å²) in [6.07, 6.45) is 6.07. The maximum atomic E-state index is 5.97. The average molecular weight is 402 g/mol. The zero-order chi connectivity index (χ0) is 20.6. The summed E-state index contributed by atoms with van der Waals surface area (Å²) < 4.78 is 7.70. The monoisotopic (exact) mass is 401 g/mol. The summed E-state index contributed by atoms with van der Waals surface area (Å²) in [5.41, 5.74) is 4.50. The van der Waals surface area contributed by atoms with Gasteiger partial charge >= 0.3 is 0 Å². The van der Waals surface area contributed by atoms with Crippen molar-refractivity contribution in [3.8, 4) is 52.5 Å². The van der Waals surface area contributed by atoms with E-state index in [1.807, 2.05) is 0 Å². The van der Waals surface area contributed by atoms with Gasteiger partial charge in [0, 0.05) is 23.7 Å². The van der Waals surface area contributed by atoms with Crippen LogP contribution in [0.4, 0.5) is 0 Å². The molecule has 1 aliphatic heterocycles. The lowest BCUT2D eigenvalue weighted by Gasteiger charge is -2.14. The summed E-state index contributed by atoms with van der Waals surface area (Å²) in [6, 6.07) is 6.43. The first-order valence-electron chi connectivity index (χ1n) is 9.20. The summed E-state index contributed by atoms with van der Waals surface area (Å²) in [4.78, 5) is 8.37. The summed E-state index contributed by atoms with van der Waals surface area (Å²) in [7, 11) is 1.62. The maximum absolute atomic E-state index is 5.97. The number of rotatable bonds is 2. The van der Waals surface area contributed by atoms with E-state index in [0.717, 1.165) is 24.2 Å². The lowest BCUT2D eigenvalue weighted by atomic mass is 10.0. The molecule has 1 aromatic carbocycles. The Morgan fingerprint density at radius 1 is 1.10 bits per heavy atom. The molecule has 0 spiro atoms. The molecule has 0 atom stereocenters. The van der Waals surface area contributed by atoms with Crippen molar-refractivity contribution in [2.24, 2.45) is 0 Å². The van der Waals surface area contributed by atoms with E-state index < -0.39 is 0 Å². The Morgan fingerprint density at radius 3 is 2.55 bits per heavy atom. The fourth-order valence-electron chi connectivity index (χ4n) is 3.32. The van der Waals surface area contributed by atoms with Crippen LogP contribution in [0.2, 0.25) is 5.28 Å². The highest BCUT2D eigenvalue weighted by atomic mass is 35.5. The number of ether oxygens (including phenoxy) is 1. The smallest absolute Gasteiger partial charge is 0.223 e. The number of para-hydroxylation sites is 1. The van der Waals surface area contributed by atoms with Gasteiger partial charge in [0.2, 0.25) is 5.28 Å². The van der Waals surface area contributed by atoms with Gasteiger partial charge in [0.05, 0.1) is 18.8 Å². The molecule has 0 aliphatic carbocycles.